The summed E-state index contributed by atoms with van der Waals surface area (Å²) in [6, 6.07) is 11.7. The minimum atomic E-state index is -0.432. The molecule has 1 amide bonds. The highest BCUT2D eigenvalue weighted by molar-refractivity contribution is 6.31. The van der Waals surface area contributed by atoms with Crippen molar-refractivity contribution in [2.75, 3.05) is 0 Å². The Kier molecular flexibility index (Phi) is 8.36. The lowest BCUT2D eigenvalue weighted by Crippen LogP contribution is -2.30. The summed E-state index contributed by atoms with van der Waals surface area (Å²) in [6.45, 7) is 3.56. The third-order valence-electron chi connectivity index (χ3n) is 3.86. The normalized spacial score (nSPS) is 12.8. The van der Waals surface area contributed by atoms with Crippen molar-refractivity contribution in [2.45, 2.75) is 38.8 Å². The van der Waals surface area contributed by atoms with E-state index < -0.39 is 6.04 Å². The fourth-order valence-corrected chi connectivity index (χ4v) is 2.73. The highest BCUT2D eigenvalue weighted by Gasteiger charge is 2.20. The van der Waals surface area contributed by atoms with Crippen molar-refractivity contribution in [3.8, 4) is 0 Å². The van der Waals surface area contributed by atoms with Crippen molar-refractivity contribution >= 4 is 29.9 Å². The molecule has 3 nitrogen and oxygen atoms in total. The summed E-state index contributed by atoms with van der Waals surface area (Å²) in [5.74, 6) is -0.390. The van der Waals surface area contributed by atoms with Crippen LogP contribution < -0.4 is 11.1 Å². The molecule has 25 heavy (non-hydrogen) atoms. The molecule has 0 radical (unpaired) electrons. The number of hydrogen-bond donors (Lipinski definition) is 2. The van der Waals surface area contributed by atoms with Gasteiger partial charge in [0.2, 0.25) is 5.91 Å². The molecule has 3 N–H and O–H groups in total. The molecule has 0 spiro atoms. The van der Waals surface area contributed by atoms with Crippen LogP contribution in [0.2, 0.25) is 5.02 Å². The van der Waals surface area contributed by atoms with Crippen molar-refractivity contribution in [3.05, 3.63) is 70.0 Å². The van der Waals surface area contributed by atoms with Gasteiger partial charge >= 0.3 is 0 Å². The molecule has 0 bridgehead atoms. The predicted molar refractivity (Wildman–Crippen MR) is 103 cm³/mol. The average Bonchev–Trinajstić information content (AvgIpc) is 2.54. The molecule has 2 unspecified atom stereocenters. The SMILES string of the molecule is Cc1cc(C(NC(=O)CCC(C)N)c2ccccc2Cl)ccc1F.Cl. The Bertz CT molecular complexity index is 722. The second-order valence-electron chi connectivity index (χ2n) is 6.05. The molecular weight excluding hydrogens is 362 g/mol. The molecular formula is C19H23Cl2FN2O. The highest BCUT2D eigenvalue weighted by Crippen LogP contribution is 2.29. The van der Waals surface area contributed by atoms with Crippen LogP contribution >= 0.6 is 24.0 Å². The Balaban J connectivity index is 0.00000312. The summed E-state index contributed by atoms with van der Waals surface area (Å²) in [6.07, 6.45) is 0.933. The van der Waals surface area contributed by atoms with Crippen LogP contribution in [-0.4, -0.2) is 11.9 Å². The summed E-state index contributed by atoms with van der Waals surface area (Å²) in [5.41, 5.74) is 7.80. The van der Waals surface area contributed by atoms with Gasteiger partial charge in [0, 0.05) is 17.5 Å². The van der Waals surface area contributed by atoms with Gasteiger partial charge in [0.25, 0.3) is 0 Å². The van der Waals surface area contributed by atoms with Crippen molar-refractivity contribution in [1.82, 2.24) is 5.32 Å². The van der Waals surface area contributed by atoms with Crippen LogP contribution in [0.3, 0.4) is 0 Å². The standard InChI is InChI=1S/C19H22ClFN2O.ClH/c1-12-11-14(8-9-17(12)21)19(15-5-3-4-6-16(15)20)23-18(24)10-7-13(2)22;/h3-6,8-9,11,13,19H,7,10,22H2,1-2H3,(H,23,24);1H. The number of benzene rings is 2. The molecule has 0 heterocycles. The second kappa shape index (κ2) is 9.76. The van der Waals surface area contributed by atoms with E-state index in [1.807, 2.05) is 25.1 Å². The first-order valence-corrected chi connectivity index (χ1v) is 8.31. The van der Waals surface area contributed by atoms with E-state index in [0.717, 1.165) is 11.1 Å². The largest absolute Gasteiger partial charge is 0.345 e. The summed E-state index contributed by atoms with van der Waals surface area (Å²) >= 11 is 6.31. The molecule has 0 aliphatic rings. The van der Waals surface area contributed by atoms with Crippen LogP contribution in [0.25, 0.3) is 0 Å². The number of hydrogen-bond acceptors (Lipinski definition) is 2. The van der Waals surface area contributed by atoms with Gasteiger partial charge in [0.05, 0.1) is 6.04 Å². The van der Waals surface area contributed by atoms with Gasteiger partial charge in [-0.2, -0.15) is 0 Å². The van der Waals surface area contributed by atoms with E-state index in [0.29, 0.717) is 23.4 Å². The van der Waals surface area contributed by atoms with E-state index in [-0.39, 0.29) is 30.2 Å². The first-order valence-electron chi connectivity index (χ1n) is 7.94. The van der Waals surface area contributed by atoms with Crippen molar-refractivity contribution in [1.29, 1.82) is 0 Å². The Labute approximate surface area is 159 Å². The summed E-state index contributed by atoms with van der Waals surface area (Å²) in [4.78, 5) is 12.3. The molecule has 2 aromatic carbocycles. The number of amides is 1. The van der Waals surface area contributed by atoms with Crippen LogP contribution in [0.5, 0.6) is 0 Å². The molecule has 0 aliphatic carbocycles. The van der Waals surface area contributed by atoms with Gasteiger partial charge in [0.1, 0.15) is 5.82 Å². The summed E-state index contributed by atoms with van der Waals surface area (Å²) in [7, 11) is 0. The molecule has 2 rings (SSSR count). The molecule has 136 valence electrons. The number of halogens is 3. The van der Waals surface area contributed by atoms with Gasteiger partial charge in [0.15, 0.2) is 0 Å². The van der Waals surface area contributed by atoms with Gasteiger partial charge in [-0.1, -0.05) is 41.9 Å². The van der Waals surface area contributed by atoms with E-state index in [9.17, 15) is 9.18 Å². The maximum atomic E-state index is 13.6. The lowest BCUT2D eigenvalue weighted by molar-refractivity contribution is -0.121. The fourth-order valence-electron chi connectivity index (χ4n) is 2.49. The van der Waals surface area contributed by atoms with E-state index in [1.165, 1.54) is 6.07 Å². The maximum absolute atomic E-state index is 13.6. The summed E-state index contributed by atoms with van der Waals surface area (Å²) in [5, 5.41) is 3.54. The zero-order chi connectivity index (χ0) is 17.7. The van der Waals surface area contributed by atoms with Crippen LogP contribution in [0.1, 0.15) is 42.5 Å². The van der Waals surface area contributed by atoms with E-state index in [4.69, 9.17) is 17.3 Å². The Morgan fingerprint density at radius 1 is 1.28 bits per heavy atom. The predicted octanol–water partition coefficient (Wildman–Crippen LogP) is 4.54. The minimum Gasteiger partial charge on any atom is -0.345 e. The van der Waals surface area contributed by atoms with Crippen LogP contribution in [0, 0.1) is 12.7 Å². The number of carbonyl (C=O) groups excluding carboxylic acids is 1. The fraction of sp³-hybridized carbons (Fsp3) is 0.316. The molecule has 0 aromatic heterocycles. The van der Waals surface area contributed by atoms with Crippen LogP contribution in [-0.2, 0) is 4.79 Å². The molecule has 2 aromatic rings. The Morgan fingerprint density at radius 2 is 1.96 bits per heavy atom. The van der Waals surface area contributed by atoms with Gasteiger partial charge in [-0.15, -0.1) is 12.4 Å². The number of rotatable bonds is 6. The Morgan fingerprint density at radius 3 is 2.56 bits per heavy atom. The Hall–Kier alpha value is -1.62. The quantitative estimate of drug-likeness (QED) is 0.767. The van der Waals surface area contributed by atoms with E-state index >= 15 is 0 Å². The van der Waals surface area contributed by atoms with Gasteiger partial charge in [-0.25, -0.2) is 4.39 Å². The minimum absolute atomic E-state index is 0. The number of carbonyl (C=O) groups is 1. The molecule has 0 saturated carbocycles. The third-order valence-corrected chi connectivity index (χ3v) is 4.21. The van der Waals surface area contributed by atoms with Crippen LogP contribution in [0.15, 0.2) is 42.5 Å². The van der Waals surface area contributed by atoms with Crippen molar-refractivity contribution in [2.24, 2.45) is 5.73 Å². The molecule has 6 heteroatoms. The highest BCUT2D eigenvalue weighted by atomic mass is 35.5. The first-order chi connectivity index (χ1) is 11.4. The van der Waals surface area contributed by atoms with Crippen molar-refractivity contribution < 1.29 is 9.18 Å². The molecule has 0 fully saturated rings. The number of nitrogens with two attached hydrogens (primary N) is 1. The summed E-state index contributed by atoms with van der Waals surface area (Å²) < 4.78 is 13.6. The topological polar surface area (TPSA) is 55.1 Å². The third kappa shape index (κ3) is 5.99. The van der Waals surface area contributed by atoms with E-state index in [1.54, 1.807) is 25.1 Å². The second-order valence-corrected chi connectivity index (χ2v) is 6.45. The maximum Gasteiger partial charge on any atom is 0.220 e. The number of nitrogens with one attached hydrogen (secondary N) is 1. The monoisotopic (exact) mass is 384 g/mol. The lowest BCUT2D eigenvalue weighted by Gasteiger charge is -2.22. The molecule has 0 aliphatic heterocycles. The first kappa shape index (κ1) is 21.4. The zero-order valence-electron chi connectivity index (χ0n) is 14.3. The molecule has 2 atom stereocenters. The van der Waals surface area contributed by atoms with Crippen LogP contribution in [0.4, 0.5) is 4.39 Å². The van der Waals surface area contributed by atoms with Gasteiger partial charge in [-0.05, 0) is 49.1 Å². The average molecular weight is 385 g/mol. The lowest BCUT2D eigenvalue weighted by atomic mass is 9.96. The number of aryl methyl sites for hydroxylation is 1. The smallest absolute Gasteiger partial charge is 0.220 e. The zero-order valence-corrected chi connectivity index (χ0v) is 15.8. The van der Waals surface area contributed by atoms with E-state index in [2.05, 4.69) is 5.32 Å². The molecule has 0 saturated heterocycles. The van der Waals surface area contributed by atoms with Gasteiger partial charge < -0.3 is 11.1 Å². The van der Waals surface area contributed by atoms with Gasteiger partial charge in [-0.3, -0.25) is 4.79 Å². The van der Waals surface area contributed by atoms with Crippen molar-refractivity contribution in [3.63, 3.8) is 0 Å².